The van der Waals surface area contributed by atoms with Crippen molar-refractivity contribution in [3.05, 3.63) is 9.66 Å². The highest BCUT2D eigenvalue weighted by Crippen LogP contribution is 2.20. The molecule has 0 aromatic rings. The molecular weight excluding hydrogens is 259 g/mol. The zero-order valence-corrected chi connectivity index (χ0v) is 8.49. The van der Waals surface area contributed by atoms with Crippen LogP contribution in [-0.2, 0) is 14.3 Å². The van der Waals surface area contributed by atoms with Crippen molar-refractivity contribution < 1.29 is 14.3 Å². The summed E-state index contributed by atoms with van der Waals surface area (Å²) in [6, 6.07) is 0. The lowest BCUT2D eigenvalue weighted by molar-refractivity contribution is -0.152. The maximum absolute atomic E-state index is 11.1. The highest BCUT2D eigenvalue weighted by molar-refractivity contribution is 14.1. The number of Topliss-reactive ketones (excluding diaryl/α,β-unsaturated/α-hetero) is 1. The van der Waals surface area contributed by atoms with E-state index in [0.717, 1.165) is 0 Å². The molecule has 0 fully saturated rings. The summed E-state index contributed by atoms with van der Waals surface area (Å²) in [5.41, 5.74) is 0. The Bertz CT molecular complexity index is 200. The number of hydrogen-bond acceptors (Lipinski definition) is 3. The quantitative estimate of drug-likeness (QED) is 0.672. The second-order valence-corrected chi connectivity index (χ2v) is 3.42. The molecule has 0 bridgehead atoms. The molecule has 1 aliphatic rings. The Kier molecular flexibility index (Phi) is 3.03. The van der Waals surface area contributed by atoms with E-state index in [9.17, 15) is 4.79 Å². The van der Waals surface area contributed by atoms with Crippen molar-refractivity contribution in [3.63, 3.8) is 0 Å². The number of hydrogen-bond donors (Lipinski definition) is 0. The Morgan fingerprint density at radius 2 is 2.36 bits per heavy atom. The fourth-order valence-corrected chi connectivity index (χ4v) is 1.55. The first-order valence-corrected chi connectivity index (χ1v) is 4.33. The molecule has 0 radical (unpaired) electrons. The van der Waals surface area contributed by atoms with Crippen LogP contribution in [0.1, 0.15) is 6.92 Å². The maximum atomic E-state index is 11.1. The van der Waals surface area contributed by atoms with E-state index in [2.05, 4.69) is 0 Å². The molecule has 62 valence electrons. The number of carbonyl (C=O) groups is 1. The minimum atomic E-state index is -0.378. The van der Waals surface area contributed by atoms with E-state index in [4.69, 9.17) is 9.47 Å². The van der Waals surface area contributed by atoms with E-state index in [0.29, 0.717) is 3.58 Å². The van der Waals surface area contributed by atoms with Gasteiger partial charge < -0.3 is 9.47 Å². The van der Waals surface area contributed by atoms with Gasteiger partial charge in [-0.3, -0.25) is 4.79 Å². The summed E-state index contributed by atoms with van der Waals surface area (Å²) in [5, 5.41) is 0. The van der Waals surface area contributed by atoms with Gasteiger partial charge in [-0.25, -0.2) is 0 Å². The van der Waals surface area contributed by atoms with Gasteiger partial charge in [-0.1, -0.05) is 0 Å². The van der Waals surface area contributed by atoms with Crippen LogP contribution in [0.2, 0.25) is 0 Å². The Balaban J connectivity index is 2.76. The van der Waals surface area contributed by atoms with Crippen LogP contribution >= 0.6 is 22.6 Å². The van der Waals surface area contributed by atoms with Crippen molar-refractivity contribution in [2.75, 3.05) is 7.11 Å². The van der Waals surface area contributed by atoms with Crippen LogP contribution in [0.3, 0.4) is 0 Å². The van der Waals surface area contributed by atoms with Crippen molar-refractivity contribution >= 4 is 28.4 Å². The van der Waals surface area contributed by atoms with Crippen LogP contribution in [0.4, 0.5) is 0 Å². The second-order valence-electron chi connectivity index (χ2n) is 2.26. The summed E-state index contributed by atoms with van der Waals surface area (Å²) in [6.07, 6.45) is 0.926. The third-order valence-corrected chi connectivity index (χ3v) is 2.35. The van der Waals surface area contributed by atoms with Crippen molar-refractivity contribution in [2.24, 2.45) is 0 Å². The van der Waals surface area contributed by atoms with Gasteiger partial charge in [0.15, 0.2) is 12.1 Å². The molecule has 0 N–H and O–H groups in total. The Morgan fingerprint density at radius 1 is 1.73 bits per heavy atom. The minimum absolute atomic E-state index is 0.0268. The molecule has 0 amide bonds. The topological polar surface area (TPSA) is 35.5 Å². The van der Waals surface area contributed by atoms with E-state index in [-0.39, 0.29) is 18.2 Å². The molecule has 0 spiro atoms. The second kappa shape index (κ2) is 3.64. The molecule has 2 atom stereocenters. The Hall–Kier alpha value is 0.0600. The zero-order valence-electron chi connectivity index (χ0n) is 6.33. The lowest BCUT2D eigenvalue weighted by Gasteiger charge is -2.22. The predicted molar refractivity (Wildman–Crippen MR) is 48.5 cm³/mol. The van der Waals surface area contributed by atoms with Gasteiger partial charge in [-0.2, -0.15) is 0 Å². The first kappa shape index (κ1) is 9.15. The molecule has 0 saturated carbocycles. The van der Waals surface area contributed by atoms with Gasteiger partial charge in [0.2, 0.25) is 0 Å². The number of methoxy groups -OCH3 is 1. The number of ketones is 1. The molecular formula is C7H9IO3. The van der Waals surface area contributed by atoms with Crippen molar-refractivity contribution in [1.82, 2.24) is 0 Å². The van der Waals surface area contributed by atoms with Crippen molar-refractivity contribution in [3.8, 4) is 0 Å². The first-order chi connectivity index (χ1) is 5.15. The standard InChI is InChI=1S/C7H9IO3/c1-4-7(9)5(8)3-6(10-2)11-4/h3-4,6H,1-2H3. The third-order valence-electron chi connectivity index (χ3n) is 1.46. The average Bonchev–Trinajstić information content (AvgIpc) is 1.99. The molecule has 3 nitrogen and oxygen atoms in total. The van der Waals surface area contributed by atoms with Crippen LogP contribution in [-0.4, -0.2) is 25.3 Å². The Morgan fingerprint density at radius 3 is 2.82 bits per heavy atom. The normalized spacial score (nSPS) is 31.9. The molecule has 0 saturated heterocycles. The number of ether oxygens (including phenoxy) is 2. The summed E-state index contributed by atoms with van der Waals surface area (Å²) >= 11 is 1.99. The third kappa shape index (κ3) is 2.00. The number of carbonyl (C=O) groups excluding carboxylic acids is 1. The lowest BCUT2D eigenvalue weighted by Crippen LogP contribution is -2.31. The highest BCUT2D eigenvalue weighted by atomic mass is 127. The maximum Gasteiger partial charge on any atom is 0.197 e. The number of rotatable bonds is 1. The van der Waals surface area contributed by atoms with Crippen LogP contribution in [0.15, 0.2) is 9.66 Å². The van der Waals surface area contributed by atoms with Crippen LogP contribution in [0, 0.1) is 0 Å². The van der Waals surface area contributed by atoms with E-state index in [1.54, 1.807) is 20.1 Å². The molecule has 1 rings (SSSR count). The fourth-order valence-electron chi connectivity index (χ4n) is 0.822. The average molecular weight is 268 g/mol. The Labute approximate surface area is 78.9 Å². The lowest BCUT2D eigenvalue weighted by atomic mass is 10.2. The van der Waals surface area contributed by atoms with E-state index >= 15 is 0 Å². The smallest absolute Gasteiger partial charge is 0.197 e. The van der Waals surface area contributed by atoms with Crippen LogP contribution in [0.25, 0.3) is 0 Å². The highest BCUT2D eigenvalue weighted by Gasteiger charge is 2.25. The summed E-state index contributed by atoms with van der Waals surface area (Å²) in [7, 11) is 1.55. The molecule has 4 heteroatoms. The number of halogens is 1. The van der Waals surface area contributed by atoms with Gasteiger partial charge in [-0.05, 0) is 35.6 Å². The summed E-state index contributed by atoms with van der Waals surface area (Å²) in [6.45, 7) is 1.72. The van der Waals surface area contributed by atoms with Gasteiger partial charge >= 0.3 is 0 Å². The van der Waals surface area contributed by atoms with Crippen molar-refractivity contribution in [2.45, 2.75) is 19.3 Å². The fraction of sp³-hybridized carbons (Fsp3) is 0.571. The van der Waals surface area contributed by atoms with E-state index in [1.807, 2.05) is 22.6 Å². The molecule has 1 aliphatic heterocycles. The largest absolute Gasteiger partial charge is 0.352 e. The van der Waals surface area contributed by atoms with Gasteiger partial charge in [0.1, 0.15) is 6.10 Å². The summed E-state index contributed by atoms with van der Waals surface area (Å²) in [5.74, 6) is 0.0268. The first-order valence-electron chi connectivity index (χ1n) is 3.25. The SMILES string of the molecule is COC1C=C(I)C(=O)C(C)O1. The van der Waals surface area contributed by atoms with Crippen molar-refractivity contribution in [1.29, 1.82) is 0 Å². The molecule has 0 aliphatic carbocycles. The van der Waals surface area contributed by atoms with E-state index in [1.165, 1.54) is 0 Å². The monoisotopic (exact) mass is 268 g/mol. The zero-order chi connectivity index (χ0) is 8.43. The molecule has 0 aromatic carbocycles. The summed E-state index contributed by atoms with van der Waals surface area (Å²) in [4.78, 5) is 11.1. The van der Waals surface area contributed by atoms with Crippen LogP contribution < -0.4 is 0 Å². The molecule has 0 aromatic heterocycles. The summed E-state index contributed by atoms with van der Waals surface area (Å²) < 4.78 is 10.8. The van der Waals surface area contributed by atoms with E-state index < -0.39 is 0 Å². The molecule has 2 unspecified atom stereocenters. The minimum Gasteiger partial charge on any atom is -0.352 e. The van der Waals surface area contributed by atoms with Crippen LogP contribution in [0.5, 0.6) is 0 Å². The molecule has 1 heterocycles. The molecule has 11 heavy (non-hydrogen) atoms. The van der Waals surface area contributed by atoms with Gasteiger partial charge in [0, 0.05) is 7.11 Å². The van der Waals surface area contributed by atoms with Gasteiger partial charge in [0.05, 0.1) is 3.58 Å². The van der Waals surface area contributed by atoms with Gasteiger partial charge in [-0.15, -0.1) is 0 Å². The predicted octanol–water partition coefficient (Wildman–Crippen LogP) is 1.27. The van der Waals surface area contributed by atoms with Gasteiger partial charge in [0.25, 0.3) is 0 Å².